The smallest absolute Gasteiger partial charge is 0.412 e. The fourth-order valence-corrected chi connectivity index (χ4v) is 7.36. The van der Waals surface area contributed by atoms with Crippen LogP contribution in [0.4, 0.5) is 10.5 Å². The number of anilines is 1. The number of rotatable bonds is 13. The molecule has 0 spiro atoms. The third-order valence-electron chi connectivity index (χ3n) is 7.74. The molecule has 1 aromatic carbocycles. The van der Waals surface area contributed by atoms with Crippen LogP contribution in [0.2, 0.25) is 0 Å². The maximum atomic E-state index is 13.8. The Morgan fingerprint density at radius 1 is 1.12 bits per heavy atom. The van der Waals surface area contributed by atoms with E-state index in [0.717, 1.165) is 37.0 Å². The van der Waals surface area contributed by atoms with Gasteiger partial charge in [-0.2, -0.15) is 9.21 Å². The molecule has 12 heteroatoms. The predicted octanol–water partition coefficient (Wildman–Crippen LogP) is 5.53. The number of ether oxygens (including phenoxy) is 1. The lowest BCUT2D eigenvalue weighted by Gasteiger charge is -2.38. The molecule has 2 heterocycles. The molecule has 224 valence electrons. The first-order valence-electron chi connectivity index (χ1n) is 14.1. The van der Waals surface area contributed by atoms with E-state index in [-0.39, 0.29) is 48.0 Å². The van der Waals surface area contributed by atoms with Crippen LogP contribution in [-0.4, -0.2) is 54.3 Å². The Bertz CT molecular complexity index is 1320. The predicted molar refractivity (Wildman–Crippen MR) is 153 cm³/mol. The highest BCUT2D eigenvalue weighted by atomic mass is 32.2. The van der Waals surface area contributed by atoms with Gasteiger partial charge in [-0.1, -0.05) is 63.3 Å². The summed E-state index contributed by atoms with van der Waals surface area (Å²) in [4.78, 5) is 24.6. The second-order valence-electron chi connectivity index (χ2n) is 11.3. The number of benzene rings is 1. The van der Waals surface area contributed by atoms with Gasteiger partial charge in [0.1, 0.15) is 12.8 Å². The van der Waals surface area contributed by atoms with Gasteiger partial charge in [-0.3, -0.25) is 4.90 Å². The quantitative estimate of drug-likeness (QED) is 0.290. The van der Waals surface area contributed by atoms with Crippen molar-refractivity contribution in [2.75, 3.05) is 18.0 Å². The summed E-state index contributed by atoms with van der Waals surface area (Å²) in [5.41, 5.74) is 1.43. The van der Waals surface area contributed by atoms with Gasteiger partial charge in [0.2, 0.25) is 10.0 Å². The highest BCUT2D eigenvalue weighted by molar-refractivity contribution is 7.89. The number of allylic oxidation sites excluding steroid dienone is 1. The second kappa shape index (κ2) is 13.6. The average molecular weight is 590 g/mol. The average Bonchev–Trinajstić information content (AvgIpc) is 3.36. The Balaban J connectivity index is 1.68. The minimum absolute atomic E-state index is 0.0201. The largest absolute Gasteiger partial charge is 0.465 e. The van der Waals surface area contributed by atoms with Crippen LogP contribution in [0.5, 0.6) is 5.95 Å². The van der Waals surface area contributed by atoms with E-state index in [1.807, 2.05) is 13.8 Å². The molecule has 1 aliphatic heterocycles. The Morgan fingerprint density at radius 3 is 2.46 bits per heavy atom. The lowest BCUT2D eigenvalue weighted by atomic mass is 9.83. The van der Waals surface area contributed by atoms with Crippen molar-refractivity contribution in [1.82, 2.24) is 4.31 Å². The molecule has 2 N–H and O–H groups in total. The molecular formula is C29H39N3O8S. The number of amides is 1. The molecule has 41 heavy (non-hydrogen) atoms. The van der Waals surface area contributed by atoms with Crippen molar-refractivity contribution < 1.29 is 32.6 Å². The number of nitroso groups, excluding NO2 is 1. The molecular weight excluding hydrogens is 550 g/mol. The third kappa shape index (κ3) is 7.35. The van der Waals surface area contributed by atoms with Crippen molar-refractivity contribution in [1.29, 1.82) is 0 Å². The van der Waals surface area contributed by atoms with Crippen LogP contribution in [0.3, 0.4) is 0 Å². The summed E-state index contributed by atoms with van der Waals surface area (Å²) in [6.45, 7) is 3.51. The molecule has 1 saturated carbocycles. The number of hydrogen-bond acceptors (Lipinski definition) is 8. The second-order valence-corrected chi connectivity index (χ2v) is 13.2. The monoisotopic (exact) mass is 589 g/mol. The van der Waals surface area contributed by atoms with Crippen LogP contribution >= 0.6 is 0 Å². The van der Waals surface area contributed by atoms with E-state index in [9.17, 15) is 28.3 Å². The van der Waals surface area contributed by atoms with E-state index >= 15 is 0 Å². The van der Waals surface area contributed by atoms with E-state index in [0.29, 0.717) is 24.0 Å². The Hall–Kier alpha value is -3.22. The molecule has 0 unspecified atom stereocenters. The topological polar surface area (TPSA) is 150 Å². The fourth-order valence-electron chi connectivity index (χ4n) is 5.74. The Labute approximate surface area is 240 Å². The summed E-state index contributed by atoms with van der Waals surface area (Å²) in [5, 5.41) is 25.0. The normalized spacial score (nSPS) is 17.2. The van der Waals surface area contributed by atoms with Crippen molar-refractivity contribution in [3.8, 4) is 5.95 Å². The van der Waals surface area contributed by atoms with E-state index in [2.05, 4.69) is 5.18 Å². The van der Waals surface area contributed by atoms with E-state index in [1.165, 1.54) is 41.1 Å². The molecule has 0 saturated heterocycles. The zero-order valence-electron chi connectivity index (χ0n) is 23.5. The molecule has 2 atom stereocenters. The number of nitrogens with zero attached hydrogens (tertiary/aromatic N) is 3. The van der Waals surface area contributed by atoms with Crippen molar-refractivity contribution in [3.63, 3.8) is 0 Å². The molecule has 0 radical (unpaired) electrons. The van der Waals surface area contributed by atoms with Gasteiger partial charge in [0.15, 0.2) is 0 Å². The molecule has 1 amide bonds. The van der Waals surface area contributed by atoms with Crippen LogP contribution in [0.15, 0.2) is 57.4 Å². The zero-order chi connectivity index (χ0) is 29.6. The first-order valence-corrected chi connectivity index (χ1v) is 15.6. The number of carbonyl (C=O) groups is 1. The van der Waals surface area contributed by atoms with Crippen LogP contribution < -0.4 is 9.64 Å². The molecule has 1 fully saturated rings. The SMILES string of the molecule is CC(C)CN(C[C@@H](O)[C@H](CC1CCCCC1)N(C(=O)O)c1coc2c1CC=CO2)S(=O)(=O)c1ccc(CN=O)cc1. The van der Waals surface area contributed by atoms with Crippen molar-refractivity contribution in [2.24, 2.45) is 17.0 Å². The summed E-state index contributed by atoms with van der Waals surface area (Å²) < 4.78 is 39.7. The summed E-state index contributed by atoms with van der Waals surface area (Å²) in [5.74, 6) is 0.336. The van der Waals surface area contributed by atoms with Gasteiger partial charge >= 0.3 is 6.09 Å². The van der Waals surface area contributed by atoms with E-state index in [4.69, 9.17) is 9.15 Å². The third-order valence-corrected chi connectivity index (χ3v) is 9.58. The number of aliphatic hydroxyl groups is 1. The molecule has 1 aliphatic carbocycles. The maximum absolute atomic E-state index is 13.8. The molecule has 11 nitrogen and oxygen atoms in total. The number of aliphatic hydroxyl groups excluding tert-OH is 1. The first-order chi connectivity index (χ1) is 19.6. The van der Waals surface area contributed by atoms with Crippen LogP contribution in [0.1, 0.15) is 63.5 Å². The van der Waals surface area contributed by atoms with Gasteiger partial charge in [-0.15, -0.1) is 0 Å². The zero-order valence-corrected chi connectivity index (χ0v) is 24.3. The van der Waals surface area contributed by atoms with Crippen LogP contribution in [0, 0.1) is 16.7 Å². The van der Waals surface area contributed by atoms with E-state index in [1.54, 1.807) is 6.08 Å². The molecule has 0 bridgehead atoms. The lowest BCUT2D eigenvalue weighted by Crippen LogP contribution is -2.53. The molecule has 2 aliphatic rings. The number of furan rings is 1. The van der Waals surface area contributed by atoms with Crippen molar-refractivity contribution in [3.05, 3.63) is 58.9 Å². The van der Waals surface area contributed by atoms with Crippen LogP contribution in [-0.2, 0) is 23.0 Å². The standard InChI is InChI=1S/C29H39N3O8S/c1-20(2)17-31(41(37,38)23-12-10-22(11-13-23)16-30-36)18-27(33)25(15-21-7-4-3-5-8-21)32(29(34)35)26-19-40-28-24(26)9-6-14-39-28/h6,10-14,19-21,25,27,33H,3-5,7-9,15-18H2,1-2H3,(H,34,35)/t25-,27+/m0/s1. The lowest BCUT2D eigenvalue weighted by molar-refractivity contribution is 0.0961. The maximum Gasteiger partial charge on any atom is 0.412 e. The van der Waals surface area contributed by atoms with Gasteiger partial charge in [-0.05, 0) is 42.0 Å². The molecule has 2 aromatic rings. The fraction of sp³-hybridized carbons (Fsp3) is 0.552. The Kier molecular flexibility index (Phi) is 10.2. The van der Waals surface area contributed by atoms with Crippen molar-refractivity contribution >= 4 is 21.8 Å². The molecule has 4 rings (SSSR count). The number of hydrogen-bond donors (Lipinski definition) is 2. The highest BCUT2D eigenvalue weighted by Crippen LogP contribution is 2.39. The number of carboxylic acid groups (broad SMARTS) is 1. The molecule has 1 aromatic heterocycles. The minimum atomic E-state index is -4.05. The van der Waals surface area contributed by atoms with Gasteiger partial charge in [0.05, 0.1) is 34.6 Å². The minimum Gasteiger partial charge on any atom is -0.465 e. The summed E-state index contributed by atoms with van der Waals surface area (Å²) >= 11 is 0. The van der Waals surface area contributed by atoms with Gasteiger partial charge in [0.25, 0.3) is 5.95 Å². The van der Waals surface area contributed by atoms with Crippen molar-refractivity contribution in [2.45, 2.75) is 82.4 Å². The first kappa shape index (κ1) is 30.7. The van der Waals surface area contributed by atoms with E-state index < -0.39 is 28.3 Å². The van der Waals surface area contributed by atoms with Gasteiger partial charge < -0.3 is 19.4 Å². The number of fused-ring (bicyclic) bond motifs is 1. The van der Waals surface area contributed by atoms with Crippen LogP contribution in [0.25, 0.3) is 0 Å². The number of sulfonamides is 1. The van der Waals surface area contributed by atoms with Gasteiger partial charge in [-0.25, -0.2) is 13.2 Å². The summed E-state index contributed by atoms with van der Waals surface area (Å²) in [7, 11) is -4.05. The highest BCUT2D eigenvalue weighted by Gasteiger charge is 2.39. The Morgan fingerprint density at radius 2 is 1.83 bits per heavy atom. The van der Waals surface area contributed by atoms with Gasteiger partial charge in [0, 0.05) is 19.5 Å². The summed E-state index contributed by atoms with van der Waals surface area (Å²) in [6, 6.07) is 4.99. The summed E-state index contributed by atoms with van der Waals surface area (Å²) in [6.07, 6.45) is 7.77.